The highest BCUT2D eigenvalue weighted by molar-refractivity contribution is 7.15. The minimum Gasteiger partial charge on any atom is -0.485 e. The van der Waals surface area contributed by atoms with Gasteiger partial charge in [0.2, 0.25) is 5.91 Å². The summed E-state index contributed by atoms with van der Waals surface area (Å²) in [4.78, 5) is 29.2. The van der Waals surface area contributed by atoms with Gasteiger partial charge in [0, 0.05) is 23.1 Å². The maximum absolute atomic E-state index is 12.2. The molecule has 0 radical (unpaired) electrons. The number of thiazole rings is 1. The Morgan fingerprint density at radius 2 is 2.12 bits per heavy atom. The fraction of sp³-hybridized carbons (Fsp3) is 0.278. The Morgan fingerprint density at radius 3 is 2.88 bits per heavy atom. The molecule has 0 unspecified atom stereocenters. The molecule has 25 heavy (non-hydrogen) atoms. The highest BCUT2D eigenvalue weighted by Crippen LogP contribution is 2.25. The molecular formula is C18H19N3O3S. The van der Waals surface area contributed by atoms with Crippen molar-refractivity contribution in [1.82, 2.24) is 9.38 Å². The number of carbonyl (C=O) groups excluding carboxylic acids is 1. The van der Waals surface area contributed by atoms with Crippen LogP contribution in [0.1, 0.15) is 25.2 Å². The zero-order valence-corrected chi connectivity index (χ0v) is 15.1. The molecule has 3 aromatic rings. The highest BCUT2D eigenvalue weighted by atomic mass is 32.1. The maximum atomic E-state index is 12.2. The van der Waals surface area contributed by atoms with Crippen LogP contribution in [0, 0.1) is 12.8 Å². The quantitative estimate of drug-likeness (QED) is 0.761. The maximum Gasteiger partial charge on any atom is 0.259 e. The Balaban J connectivity index is 1.80. The first-order valence-electron chi connectivity index (χ1n) is 7.95. The molecule has 0 aliphatic rings. The summed E-state index contributed by atoms with van der Waals surface area (Å²) in [5.41, 5.74) is 1.90. The summed E-state index contributed by atoms with van der Waals surface area (Å²) in [5, 5.41) is 4.74. The van der Waals surface area contributed by atoms with Gasteiger partial charge in [0.25, 0.3) is 5.56 Å². The van der Waals surface area contributed by atoms with Gasteiger partial charge in [-0.2, -0.15) is 0 Å². The molecule has 6 nitrogen and oxygen atoms in total. The Labute approximate surface area is 149 Å². The molecule has 0 atom stereocenters. The standard InChI is InChI=1S/C18H19N3O3S/c1-11(2)17(23)20-14-6-4-5-7-15(14)24-9-13-8-16(22)21-12(3)10-25-18(21)19-13/h4-8,10-11H,9H2,1-3H3,(H,20,23). The van der Waals surface area contributed by atoms with Crippen LogP contribution in [0.5, 0.6) is 5.75 Å². The molecule has 0 saturated carbocycles. The number of rotatable bonds is 5. The fourth-order valence-electron chi connectivity index (χ4n) is 2.30. The topological polar surface area (TPSA) is 72.7 Å². The lowest BCUT2D eigenvalue weighted by Gasteiger charge is -2.13. The number of amides is 1. The van der Waals surface area contributed by atoms with E-state index in [0.717, 1.165) is 5.69 Å². The molecule has 2 aromatic heterocycles. The number of para-hydroxylation sites is 2. The summed E-state index contributed by atoms with van der Waals surface area (Å²) < 4.78 is 7.37. The van der Waals surface area contributed by atoms with Crippen LogP contribution in [0.25, 0.3) is 4.96 Å². The molecule has 1 aromatic carbocycles. The molecule has 0 fully saturated rings. The highest BCUT2D eigenvalue weighted by Gasteiger charge is 2.12. The molecular weight excluding hydrogens is 338 g/mol. The Hall–Kier alpha value is -2.67. The van der Waals surface area contributed by atoms with Crippen LogP contribution in [-0.4, -0.2) is 15.3 Å². The number of hydrogen-bond acceptors (Lipinski definition) is 5. The zero-order valence-electron chi connectivity index (χ0n) is 14.3. The summed E-state index contributed by atoms with van der Waals surface area (Å²) in [6, 6.07) is 8.69. The molecule has 0 aliphatic carbocycles. The number of carbonyl (C=O) groups is 1. The normalized spacial score (nSPS) is 11.0. The average molecular weight is 357 g/mol. The van der Waals surface area contributed by atoms with Gasteiger partial charge in [-0.3, -0.25) is 14.0 Å². The monoisotopic (exact) mass is 357 g/mol. The van der Waals surface area contributed by atoms with E-state index < -0.39 is 0 Å². The Morgan fingerprint density at radius 1 is 1.36 bits per heavy atom. The van der Waals surface area contributed by atoms with Crippen molar-refractivity contribution in [1.29, 1.82) is 0 Å². The molecule has 0 aliphatic heterocycles. The van der Waals surface area contributed by atoms with Crippen LogP contribution in [0.3, 0.4) is 0 Å². The van der Waals surface area contributed by atoms with Gasteiger partial charge in [0.05, 0.1) is 11.4 Å². The van der Waals surface area contributed by atoms with Gasteiger partial charge in [0.1, 0.15) is 12.4 Å². The summed E-state index contributed by atoms with van der Waals surface area (Å²) in [5.74, 6) is 0.336. The molecule has 3 rings (SSSR count). The number of anilines is 1. The van der Waals surface area contributed by atoms with E-state index in [9.17, 15) is 9.59 Å². The minimum absolute atomic E-state index is 0.0806. The number of nitrogens with one attached hydrogen (secondary N) is 1. The van der Waals surface area contributed by atoms with Crippen LogP contribution >= 0.6 is 11.3 Å². The van der Waals surface area contributed by atoms with Crippen LogP contribution < -0.4 is 15.6 Å². The molecule has 1 amide bonds. The lowest BCUT2D eigenvalue weighted by Crippen LogP contribution is -2.18. The zero-order chi connectivity index (χ0) is 18.0. The molecule has 2 heterocycles. The molecule has 1 N–H and O–H groups in total. The van der Waals surface area contributed by atoms with Crippen molar-refractivity contribution in [2.45, 2.75) is 27.4 Å². The van der Waals surface area contributed by atoms with E-state index in [4.69, 9.17) is 4.74 Å². The second kappa shape index (κ2) is 7.06. The van der Waals surface area contributed by atoms with Crippen molar-refractivity contribution < 1.29 is 9.53 Å². The predicted octanol–water partition coefficient (Wildman–Crippen LogP) is 3.24. The van der Waals surface area contributed by atoms with Gasteiger partial charge in [-0.05, 0) is 19.1 Å². The number of ether oxygens (including phenoxy) is 1. The number of aryl methyl sites for hydroxylation is 1. The average Bonchev–Trinajstić information content (AvgIpc) is 2.95. The van der Waals surface area contributed by atoms with Crippen LogP contribution in [0.2, 0.25) is 0 Å². The van der Waals surface area contributed by atoms with E-state index >= 15 is 0 Å². The molecule has 130 valence electrons. The number of benzene rings is 1. The Bertz CT molecular complexity index is 975. The third-order valence-corrected chi connectivity index (χ3v) is 4.62. The molecule has 7 heteroatoms. The first kappa shape index (κ1) is 17.2. The van der Waals surface area contributed by atoms with Gasteiger partial charge in [-0.1, -0.05) is 26.0 Å². The summed E-state index contributed by atoms with van der Waals surface area (Å²) >= 11 is 1.42. The minimum atomic E-state index is -0.126. The van der Waals surface area contributed by atoms with E-state index in [1.54, 1.807) is 16.5 Å². The molecule has 0 spiro atoms. The van der Waals surface area contributed by atoms with Crippen molar-refractivity contribution >= 4 is 27.9 Å². The third-order valence-electron chi connectivity index (χ3n) is 3.67. The van der Waals surface area contributed by atoms with Crippen LogP contribution in [0.4, 0.5) is 5.69 Å². The van der Waals surface area contributed by atoms with Crippen molar-refractivity contribution in [3.05, 3.63) is 57.5 Å². The number of hydrogen-bond donors (Lipinski definition) is 1. The number of aromatic nitrogens is 2. The van der Waals surface area contributed by atoms with Crippen molar-refractivity contribution in [3.63, 3.8) is 0 Å². The summed E-state index contributed by atoms with van der Waals surface area (Å²) in [6.07, 6.45) is 0. The van der Waals surface area contributed by atoms with Crippen LogP contribution in [-0.2, 0) is 11.4 Å². The van der Waals surface area contributed by atoms with Crippen molar-refractivity contribution in [3.8, 4) is 5.75 Å². The molecule has 0 saturated heterocycles. The van der Waals surface area contributed by atoms with E-state index in [1.165, 1.54) is 17.4 Å². The SMILES string of the molecule is Cc1csc2nc(COc3ccccc3NC(=O)C(C)C)cc(=O)n12. The number of nitrogens with zero attached hydrogens (tertiary/aromatic N) is 2. The lowest BCUT2D eigenvalue weighted by molar-refractivity contribution is -0.118. The van der Waals surface area contributed by atoms with E-state index in [-0.39, 0.29) is 24.0 Å². The van der Waals surface area contributed by atoms with Crippen molar-refractivity contribution in [2.24, 2.45) is 5.92 Å². The lowest BCUT2D eigenvalue weighted by atomic mass is 10.2. The third kappa shape index (κ3) is 3.71. The second-order valence-electron chi connectivity index (χ2n) is 6.01. The van der Waals surface area contributed by atoms with E-state index in [2.05, 4.69) is 10.3 Å². The first-order valence-corrected chi connectivity index (χ1v) is 8.83. The van der Waals surface area contributed by atoms with Gasteiger partial charge in [-0.15, -0.1) is 11.3 Å². The fourth-order valence-corrected chi connectivity index (χ4v) is 3.19. The first-order chi connectivity index (χ1) is 12.0. The number of fused-ring (bicyclic) bond motifs is 1. The van der Waals surface area contributed by atoms with Crippen molar-refractivity contribution in [2.75, 3.05) is 5.32 Å². The smallest absolute Gasteiger partial charge is 0.259 e. The largest absolute Gasteiger partial charge is 0.485 e. The van der Waals surface area contributed by atoms with Gasteiger partial charge in [0.15, 0.2) is 4.96 Å². The van der Waals surface area contributed by atoms with Gasteiger partial charge < -0.3 is 10.1 Å². The second-order valence-corrected chi connectivity index (χ2v) is 6.85. The predicted molar refractivity (Wildman–Crippen MR) is 98.3 cm³/mol. The van der Waals surface area contributed by atoms with Crippen LogP contribution in [0.15, 0.2) is 40.5 Å². The summed E-state index contributed by atoms with van der Waals surface area (Å²) in [7, 11) is 0. The molecule has 0 bridgehead atoms. The Kier molecular flexibility index (Phi) is 4.85. The van der Waals surface area contributed by atoms with E-state index in [0.29, 0.717) is 22.1 Å². The van der Waals surface area contributed by atoms with E-state index in [1.807, 2.05) is 38.3 Å². The summed E-state index contributed by atoms with van der Waals surface area (Å²) in [6.45, 7) is 5.68. The van der Waals surface area contributed by atoms with Gasteiger partial charge in [-0.25, -0.2) is 4.98 Å². The van der Waals surface area contributed by atoms with Gasteiger partial charge >= 0.3 is 0 Å².